The molecule has 0 saturated carbocycles. The molecule has 1 heterocycles. The van der Waals surface area contributed by atoms with Crippen molar-refractivity contribution in [3.63, 3.8) is 0 Å². The van der Waals surface area contributed by atoms with Crippen LogP contribution in [0.4, 0.5) is 0 Å². The van der Waals surface area contributed by atoms with Crippen molar-refractivity contribution in [3.05, 3.63) is 32.6 Å². The van der Waals surface area contributed by atoms with E-state index in [0.29, 0.717) is 0 Å². The summed E-state index contributed by atoms with van der Waals surface area (Å²) in [6.45, 7) is -2.65. The Hall–Kier alpha value is -1.32. The average molecular weight is 130 g/mol. The Morgan fingerprint density at radius 1 is 1.67 bits per heavy atom. The predicted octanol–water partition coefficient (Wildman–Crippen LogP) is -0.628. The maximum absolute atomic E-state index is 10.8. The van der Waals surface area contributed by atoms with Crippen LogP contribution in [0.25, 0.3) is 0 Å². The lowest BCUT2D eigenvalue weighted by atomic mass is 10.5. The highest BCUT2D eigenvalue weighted by molar-refractivity contribution is 4.93. The molecule has 0 aliphatic rings. The van der Waals surface area contributed by atoms with Crippen molar-refractivity contribution >= 4 is 0 Å². The van der Waals surface area contributed by atoms with E-state index in [-0.39, 0.29) is 0 Å². The summed E-state index contributed by atoms with van der Waals surface area (Å²) < 4.78 is 27.8. The fourth-order valence-electron chi connectivity index (χ4n) is 0.424. The van der Waals surface area contributed by atoms with Crippen molar-refractivity contribution in [3.8, 4) is 0 Å². The van der Waals surface area contributed by atoms with Gasteiger partial charge in [-0.1, -0.05) is 0 Å². The second-order valence-corrected chi connectivity index (χ2v) is 1.41. The van der Waals surface area contributed by atoms with E-state index in [9.17, 15) is 9.59 Å². The van der Waals surface area contributed by atoms with Gasteiger partial charge in [0.25, 0.3) is 5.56 Å². The smallest absolute Gasteiger partial charge is 0.312 e. The normalized spacial score (nSPS) is 17.3. The maximum Gasteiger partial charge on any atom is 0.325 e. The van der Waals surface area contributed by atoms with Gasteiger partial charge < -0.3 is 4.98 Å². The summed E-state index contributed by atoms with van der Waals surface area (Å²) in [6.07, 6.45) is 0. The summed E-state index contributed by atoms with van der Waals surface area (Å²) in [5.41, 5.74) is -2.57. The van der Waals surface area contributed by atoms with Gasteiger partial charge in [-0.25, -0.2) is 4.79 Å². The van der Waals surface area contributed by atoms with Gasteiger partial charge in [-0.3, -0.25) is 9.78 Å². The molecule has 0 aromatic carbocycles. The zero-order valence-electron chi connectivity index (χ0n) is 8.32. The summed E-state index contributed by atoms with van der Waals surface area (Å²) >= 11 is 0. The predicted molar refractivity (Wildman–Crippen MR) is 32.4 cm³/mol. The molecule has 0 amide bonds. The SMILES string of the molecule is [2H]c1c(C([2H])([2H])[2H])[nH]c(=O)[nH]c1=O. The van der Waals surface area contributed by atoms with Crippen molar-refractivity contribution in [1.82, 2.24) is 9.97 Å². The molecule has 0 bridgehead atoms. The third kappa shape index (κ3) is 1.28. The molecule has 0 spiro atoms. The fraction of sp³-hybridized carbons (Fsp3) is 0.200. The molecule has 0 fully saturated rings. The standard InChI is InChI=1S/C5H6N2O2/c1-3-2-4(8)7-5(9)6-3/h2H,1H3,(H2,6,7,8,9)/i1D3,2D. The Morgan fingerprint density at radius 2 is 2.44 bits per heavy atom. The third-order valence-corrected chi connectivity index (χ3v) is 0.704. The molecule has 9 heavy (non-hydrogen) atoms. The number of aromatic amines is 2. The van der Waals surface area contributed by atoms with Gasteiger partial charge in [0, 0.05) is 15.8 Å². The van der Waals surface area contributed by atoms with Crippen LogP contribution in [0.5, 0.6) is 0 Å². The Morgan fingerprint density at radius 3 is 3.11 bits per heavy atom. The van der Waals surface area contributed by atoms with Crippen LogP contribution in [-0.4, -0.2) is 9.97 Å². The Balaban J connectivity index is 3.56. The minimum atomic E-state index is -2.65. The Bertz CT molecular complexity index is 429. The summed E-state index contributed by atoms with van der Waals surface area (Å²) in [6, 6.07) is -0.736. The highest BCUT2D eigenvalue weighted by Crippen LogP contribution is 1.73. The summed E-state index contributed by atoms with van der Waals surface area (Å²) in [5.74, 6) is 0. The molecule has 4 heteroatoms. The molecule has 0 atom stereocenters. The first-order valence-electron chi connectivity index (χ1n) is 4.16. The first-order valence-corrected chi connectivity index (χ1v) is 2.16. The zero-order chi connectivity index (χ0) is 10.2. The van der Waals surface area contributed by atoms with Crippen molar-refractivity contribution in [2.45, 2.75) is 6.85 Å². The molecule has 2 N–H and O–H groups in total. The molecule has 0 radical (unpaired) electrons. The van der Waals surface area contributed by atoms with Gasteiger partial charge >= 0.3 is 5.69 Å². The highest BCUT2D eigenvalue weighted by Gasteiger charge is 1.86. The number of nitrogens with one attached hydrogen (secondary N) is 2. The fourth-order valence-corrected chi connectivity index (χ4v) is 0.424. The molecular weight excluding hydrogens is 120 g/mol. The molecule has 1 aromatic rings. The number of hydrogen-bond acceptors (Lipinski definition) is 2. The van der Waals surface area contributed by atoms with Crippen LogP contribution in [0.15, 0.2) is 15.6 Å². The van der Waals surface area contributed by atoms with E-state index in [1.54, 1.807) is 4.98 Å². The quantitative estimate of drug-likeness (QED) is 0.491. The third-order valence-electron chi connectivity index (χ3n) is 0.704. The zero-order valence-corrected chi connectivity index (χ0v) is 4.32. The first-order chi connectivity index (χ1) is 5.82. The van der Waals surface area contributed by atoms with Gasteiger partial charge in [-0.15, -0.1) is 0 Å². The van der Waals surface area contributed by atoms with Gasteiger partial charge in [0.05, 0.1) is 1.37 Å². The molecule has 0 unspecified atom stereocenters. The number of H-pyrrole nitrogens is 2. The summed E-state index contributed by atoms with van der Waals surface area (Å²) in [5, 5.41) is 0. The lowest BCUT2D eigenvalue weighted by molar-refractivity contribution is 0.994. The van der Waals surface area contributed by atoms with Crippen LogP contribution < -0.4 is 11.2 Å². The Kier molecular flexibility index (Phi) is 0.527. The van der Waals surface area contributed by atoms with E-state index in [1.165, 1.54) is 0 Å². The first kappa shape index (κ1) is 2.51. The van der Waals surface area contributed by atoms with E-state index in [2.05, 4.69) is 0 Å². The largest absolute Gasteiger partial charge is 0.325 e. The van der Waals surface area contributed by atoms with Gasteiger partial charge in [-0.2, -0.15) is 0 Å². The van der Waals surface area contributed by atoms with Crippen LogP contribution in [0.3, 0.4) is 0 Å². The average Bonchev–Trinajstić information content (AvgIpc) is 1.94. The van der Waals surface area contributed by atoms with Crippen molar-refractivity contribution < 1.29 is 5.48 Å². The van der Waals surface area contributed by atoms with Gasteiger partial charge in [0.15, 0.2) is 0 Å². The van der Waals surface area contributed by atoms with Crippen molar-refractivity contribution in [2.24, 2.45) is 0 Å². The van der Waals surface area contributed by atoms with Crippen LogP contribution >= 0.6 is 0 Å². The Labute approximate surface area is 56.2 Å². The van der Waals surface area contributed by atoms with Gasteiger partial charge in [0.1, 0.15) is 0 Å². The second-order valence-electron chi connectivity index (χ2n) is 1.41. The summed E-state index contributed by atoms with van der Waals surface area (Å²) in [4.78, 5) is 25.1. The van der Waals surface area contributed by atoms with Crippen LogP contribution in [0, 0.1) is 6.85 Å². The topological polar surface area (TPSA) is 65.7 Å². The molecule has 1 rings (SSSR count). The monoisotopic (exact) mass is 130 g/mol. The molecular formula is C5H6N2O2. The van der Waals surface area contributed by atoms with Crippen molar-refractivity contribution in [1.29, 1.82) is 0 Å². The minimum Gasteiger partial charge on any atom is -0.312 e. The van der Waals surface area contributed by atoms with Crippen LogP contribution in [0.1, 0.15) is 11.2 Å². The van der Waals surface area contributed by atoms with E-state index in [1.807, 2.05) is 4.98 Å². The number of aryl methyl sites for hydroxylation is 1. The van der Waals surface area contributed by atoms with Gasteiger partial charge in [-0.05, 0) is 6.85 Å². The maximum atomic E-state index is 10.8. The summed E-state index contributed by atoms with van der Waals surface area (Å²) in [7, 11) is 0. The van der Waals surface area contributed by atoms with E-state index >= 15 is 0 Å². The highest BCUT2D eigenvalue weighted by atomic mass is 16.2. The molecule has 0 aliphatic heterocycles. The van der Waals surface area contributed by atoms with Crippen LogP contribution in [0.2, 0.25) is 0 Å². The lowest BCUT2D eigenvalue weighted by Crippen LogP contribution is -2.21. The van der Waals surface area contributed by atoms with E-state index in [0.717, 1.165) is 0 Å². The molecule has 0 aliphatic carbocycles. The number of aromatic nitrogens is 2. The molecule has 48 valence electrons. The van der Waals surface area contributed by atoms with Crippen LogP contribution in [-0.2, 0) is 0 Å². The number of rotatable bonds is 0. The molecule has 1 aromatic heterocycles. The molecule has 0 saturated heterocycles. The van der Waals surface area contributed by atoms with Gasteiger partial charge in [0.2, 0.25) is 0 Å². The number of hydrogen-bond donors (Lipinski definition) is 2. The minimum absolute atomic E-state index is 0.638. The second kappa shape index (κ2) is 1.89. The van der Waals surface area contributed by atoms with Crippen molar-refractivity contribution in [2.75, 3.05) is 0 Å². The van der Waals surface area contributed by atoms with E-state index in [4.69, 9.17) is 5.48 Å². The lowest BCUT2D eigenvalue weighted by Gasteiger charge is -1.85. The van der Waals surface area contributed by atoms with E-state index < -0.39 is 29.8 Å². The molecule has 4 nitrogen and oxygen atoms in total.